The number of amides is 2. The van der Waals surface area contributed by atoms with Gasteiger partial charge in [-0.05, 0) is 49.2 Å². The van der Waals surface area contributed by atoms with E-state index in [1.54, 1.807) is 31.2 Å². The van der Waals surface area contributed by atoms with Gasteiger partial charge in [0.25, 0.3) is 5.91 Å². The maximum atomic E-state index is 12.7. The van der Waals surface area contributed by atoms with Gasteiger partial charge in [0.05, 0.1) is 19.8 Å². The molecule has 9 nitrogen and oxygen atoms in total. The third-order valence-electron chi connectivity index (χ3n) is 5.01. The summed E-state index contributed by atoms with van der Waals surface area (Å²) in [4.78, 5) is 36.4. The largest absolute Gasteiger partial charge is 0.493 e. The summed E-state index contributed by atoms with van der Waals surface area (Å²) in [5.74, 6) is 0.165. The molecule has 4 rings (SSSR count). The van der Waals surface area contributed by atoms with Gasteiger partial charge in [-0.25, -0.2) is 9.59 Å². The minimum atomic E-state index is -0.780. The molecule has 0 unspecified atom stereocenters. The predicted molar refractivity (Wildman–Crippen MR) is 117 cm³/mol. The van der Waals surface area contributed by atoms with Crippen molar-refractivity contribution in [3.05, 3.63) is 64.0 Å². The lowest BCUT2D eigenvalue weighted by molar-refractivity contribution is 0.102. The molecule has 1 saturated heterocycles. The summed E-state index contributed by atoms with van der Waals surface area (Å²) in [5, 5.41) is 5.96. The van der Waals surface area contributed by atoms with Crippen molar-refractivity contribution in [3.8, 4) is 11.5 Å². The van der Waals surface area contributed by atoms with E-state index in [4.69, 9.17) is 18.6 Å². The molecule has 0 saturated carbocycles. The predicted octanol–water partition coefficient (Wildman–Crippen LogP) is 3.10. The van der Waals surface area contributed by atoms with Crippen molar-refractivity contribution in [1.82, 2.24) is 5.32 Å². The van der Waals surface area contributed by atoms with Gasteiger partial charge in [-0.1, -0.05) is 12.1 Å². The van der Waals surface area contributed by atoms with Crippen LogP contribution in [0.4, 0.5) is 10.5 Å². The Hall–Kier alpha value is -4.01. The molecular weight excluding hydrogens is 416 g/mol. The summed E-state index contributed by atoms with van der Waals surface area (Å²) >= 11 is 0. The van der Waals surface area contributed by atoms with E-state index >= 15 is 0 Å². The van der Waals surface area contributed by atoms with Crippen molar-refractivity contribution < 1.29 is 28.2 Å². The number of nitrogens with one attached hydrogen (secondary N) is 2. The molecule has 2 heterocycles. The van der Waals surface area contributed by atoms with Crippen LogP contribution >= 0.6 is 0 Å². The number of fused-ring (bicyclic) bond motifs is 1. The van der Waals surface area contributed by atoms with Crippen LogP contribution < -0.4 is 25.7 Å². The Labute approximate surface area is 183 Å². The summed E-state index contributed by atoms with van der Waals surface area (Å²) in [6.45, 7) is 2.49. The maximum Gasteiger partial charge on any atom is 0.407 e. The molecule has 3 aromatic rings. The molecule has 2 aromatic carbocycles. The second-order valence-corrected chi connectivity index (χ2v) is 7.19. The van der Waals surface area contributed by atoms with Crippen LogP contribution in [0.3, 0.4) is 0 Å². The van der Waals surface area contributed by atoms with E-state index < -0.39 is 17.6 Å². The molecule has 0 aliphatic carbocycles. The Balaban J connectivity index is 1.53. The zero-order chi connectivity index (χ0) is 22.7. The van der Waals surface area contributed by atoms with Crippen molar-refractivity contribution in [3.63, 3.8) is 0 Å². The smallest absolute Gasteiger partial charge is 0.407 e. The van der Waals surface area contributed by atoms with Crippen LogP contribution in [-0.4, -0.2) is 38.4 Å². The Morgan fingerprint density at radius 1 is 1.19 bits per heavy atom. The van der Waals surface area contributed by atoms with Gasteiger partial charge in [0.2, 0.25) is 5.75 Å². The first-order valence-corrected chi connectivity index (χ1v) is 10.1. The Morgan fingerprint density at radius 3 is 2.62 bits per heavy atom. The molecule has 0 bridgehead atoms. The van der Waals surface area contributed by atoms with Crippen molar-refractivity contribution in [2.24, 2.45) is 0 Å². The van der Waals surface area contributed by atoms with Crippen LogP contribution in [0.2, 0.25) is 0 Å². The second-order valence-electron chi connectivity index (χ2n) is 7.19. The number of carbonyl (C=O) groups excluding carboxylic acids is 2. The number of ether oxygens (including phenoxy) is 3. The number of alkyl carbamates (subject to hydrolysis) is 1. The van der Waals surface area contributed by atoms with Gasteiger partial charge in [0.15, 0.2) is 11.3 Å². The zero-order valence-corrected chi connectivity index (χ0v) is 17.6. The highest BCUT2D eigenvalue weighted by atomic mass is 16.6. The first kappa shape index (κ1) is 21.2. The lowest BCUT2D eigenvalue weighted by Gasteiger charge is -2.12. The molecule has 32 heavy (non-hydrogen) atoms. The van der Waals surface area contributed by atoms with Crippen molar-refractivity contribution in [1.29, 1.82) is 0 Å². The molecule has 0 radical (unpaired) electrons. The van der Waals surface area contributed by atoms with Crippen LogP contribution in [-0.2, 0) is 11.2 Å². The Kier molecular flexibility index (Phi) is 5.98. The molecule has 1 aliphatic heterocycles. The first-order valence-electron chi connectivity index (χ1n) is 10.1. The third-order valence-corrected chi connectivity index (χ3v) is 5.01. The van der Waals surface area contributed by atoms with Crippen LogP contribution in [0.15, 0.2) is 51.7 Å². The highest BCUT2D eigenvalue weighted by molar-refractivity contribution is 6.05. The van der Waals surface area contributed by atoms with Crippen molar-refractivity contribution in [2.75, 3.05) is 25.6 Å². The second kappa shape index (κ2) is 9.01. The Bertz CT molecular complexity index is 1220. The average Bonchev–Trinajstić information content (AvgIpc) is 3.19. The number of cyclic esters (lactones) is 1. The van der Waals surface area contributed by atoms with Gasteiger partial charge in [0, 0.05) is 11.1 Å². The van der Waals surface area contributed by atoms with E-state index in [-0.39, 0.29) is 17.2 Å². The molecule has 9 heteroatoms. The van der Waals surface area contributed by atoms with E-state index in [1.807, 2.05) is 12.1 Å². The van der Waals surface area contributed by atoms with Crippen LogP contribution in [0.5, 0.6) is 11.5 Å². The van der Waals surface area contributed by atoms with Gasteiger partial charge in [-0.2, -0.15) is 0 Å². The molecular formula is C23H22N2O7. The molecule has 2 amide bonds. The fourth-order valence-electron chi connectivity index (χ4n) is 3.48. The summed E-state index contributed by atoms with van der Waals surface area (Å²) < 4.78 is 21.1. The molecule has 2 N–H and O–H groups in total. The lowest BCUT2D eigenvalue weighted by atomic mass is 10.1. The molecule has 1 fully saturated rings. The summed E-state index contributed by atoms with van der Waals surface area (Å²) in [6, 6.07) is 11.9. The minimum Gasteiger partial charge on any atom is -0.493 e. The van der Waals surface area contributed by atoms with Gasteiger partial charge in [-0.3, -0.25) is 4.79 Å². The number of hydrogen-bond acceptors (Lipinski definition) is 7. The number of hydrogen-bond donors (Lipinski definition) is 2. The van der Waals surface area contributed by atoms with E-state index in [0.717, 1.165) is 5.56 Å². The highest BCUT2D eigenvalue weighted by Crippen LogP contribution is 2.35. The number of anilines is 1. The van der Waals surface area contributed by atoms with E-state index in [0.29, 0.717) is 42.2 Å². The van der Waals surface area contributed by atoms with Gasteiger partial charge >= 0.3 is 11.7 Å². The minimum absolute atomic E-state index is 0.0784. The molecule has 1 aromatic heterocycles. The molecule has 0 spiro atoms. The number of rotatable bonds is 7. The van der Waals surface area contributed by atoms with E-state index in [1.165, 1.54) is 13.2 Å². The maximum absolute atomic E-state index is 12.7. The fourth-order valence-corrected chi connectivity index (χ4v) is 3.48. The van der Waals surface area contributed by atoms with Gasteiger partial charge in [-0.15, -0.1) is 0 Å². The van der Waals surface area contributed by atoms with Crippen molar-refractivity contribution in [2.45, 2.75) is 19.4 Å². The van der Waals surface area contributed by atoms with Crippen LogP contribution in [0, 0.1) is 0 Å². The topological polar surface area (TPSA) is 116 Å². The molecule has 1 aliphatic rings. The van der Waals surface area contributed by atoms with E-state index in [9.17, 15) is 14.4 Å². The first-order chi connectivity index (χ1) is 15.5. The van der Waals surface area contributed by atoms with Crippen LogP contribution in [0.1, 0.15) is 22.8 Å². The third kappa shape index (κ3) is 4.36. The van der Waals surface area contributed by atoms with Gasteiger partial charge in [0.1, 0.15) is 12.2 Å². The number of carbonyl (C=O) groups is 2. The quantitative estimate of drug-likeness (QED) is 0.545. The lowest BCUT2D eigenvalue weighted by Crippen LogP contribution is -2.28. The number of benzene rings is 2. The summed E-state index contributed by atoms with van der Waals surface area (Å²) in [5.41, 5.74) is 0.814. The monoisotopic (exact) mass is 438 g/mol. The fraction of sp³-hybridized carbons (Fsp3) is 0.261. The summed E-state index contributed by atoms with van der Waals surface area (Å²) in [7, 11) is 1.49. The van der Waals surface area contributed by atoms with Gasteiger partial charge < -0.3 is 29.3 Å². The van der Waals surface area contributed by atoms with Crippen molar-refractivity contribution >= 4 is 28.7 Å². The summed E-state index contributed by atoms with van der Waals surface area (Å²) in [6.07, 6.45) is 0.194. The molecule has 166 valence electrons. The zero-order valence-electron chi connectivity index (χ0n) is 17.6. The number of methoxy groups -OCH3 is 1. The SMILES string of the molecule is CCOc1c(OC)ccc2cc(C(=O)Nc3ccc(C[C@H]4COC(=O)N4)cc3)c(=O)oc12. The normalized spacial score (nSPS) is 15.2. The highest BCUT2D eigenvalue weighted by Gasteiger charge is 2.22. The van der Waals surface area contributed by atoms with Crippen LogP contribution in [0.25, 0.3) is 11.0 Å². The standard InChI is InChI=1S/C23H22N2O7/c1-3-30-20-18(29-2)9-6-14-11-17(22(27)32-19(14)20)21(26)24-15-7-4-13(5-8-15)10-16-12-31-23(28)25-16/h4-9,11,16H,3,10,12H2,1-2H3,(H,24,26)(H,25,28)/t16-/m0/s1. The molecule has 1 atom stereocenters. The Morgan fingerprint density at radius 2 is 1.97 bits per heavy atom. The average molecular weight is 438 g/mol. The van der Waals surface area contributed by atoms with E-state index in [2.05, 4.69) is 10.6 Å².